The van der Waals surface area contributed by atoms with Crippen molar-refractivity contribution in [2.45, 2.75) is 6.42 Å². The zero-order valence-electron chi connectivity index (χ0n) is 8.63. The maximum atomic E-state index is 13.0. The third-order valence-electron chi connectivity index (χ3n) is 2.42. The van der Waals surface area contributed by atoms with E-state index in [1.807, 2.05) is 13.1 Å². The van der Waals surface area contributed by atoms with Gasteiger partial charge in [0, 0.05) is 30.2 Å². The molecule has 0 radical (unpaired) electrons. The van der Waals surface area contributed by atoms with Crippen molar-refractivity contribution in [2.24, 2.45) is 0 Å². The molecule has 3 heteroatoms. The van der Waals surface area contributed by atoms with Crippen LogP contribution in [0.3, 0.4) is 0 Å². The number of fused-ring (bicyclic) bond motifs is 1. The van der Waals surface area contributed by atoms with Crippen LogP contribution in [-0.2, 0) is 6.42 Å². The molecule has 2 rings (SSSR count). The fraction of sp³-hybridized carbons (Fsp3) is 0.250. The monoisotopic (exact) mass is 204 g/mol. The largest absolute Gasteiger partial charge is 0.319 e. The van der Waals surface area contributed by atoms with Crippen LogP contribution < -0.4 is 5.32 Å². The van der Waals surface area contributed by atoms with E-state index < -0.39 is 0 Å². The minimum absolute atomic E-state index is 0.201. The summed E-state index contributed by atoms with van der Waals surface area (Å²) in [7, 11) is 1.91. The van der Waals surface area contributed by atoms with Crippen LogP contribution in [0.15, 0.2) is 30.5 Å². The Balaban J connectivity index is 2.46. The molecule has 0 unspecified atom stereocenters. The van der Waals surface area contributed by atoms with Gasteiger partial charge in [-0.15, -0.1) is 0 Å². The molecule has 0 atom stereocenters. The summed E-state index contributed by atoms with van der Waals surface area (Å²) in [4.78, 5) is 4.31. The number of hydrogen-bond donors (Lipinski definition) is 1. The maximum Gasteiger partial charge on any atom is 0.123 e. The number of hydrogen-bond acceptors (Lipinski definition) is 2. The molecule has 1 aromatic carbocycles. The molecule has 2 aromatic rings. The molecule has 78 valence electrons. The summed E-state index contributed by atoms with van der Waals surface area (Å²) < 4.78 is 13.0. The van der Waals surface area contributed by atoms with Gasteiger partial charge < -0.3 is 5.32 Å². The Labute approximate surface area is 88.1 Å². The van der Waals surface area contributed by atoms with Gasteiger partial charge >= 0.3 is 0 Å². The molecule has 0 amide bonds. The van der Waals surface area contributed by atoms with Crippen LogP contribution in [0.4, 0.5) is 4.39 Å². The molecule has 0 bridgehead atoms. The zero-order chi connectivity index (χ0) is 10.7. The molecule has 15 heavy (non-hydrogen) atoms. The van der Waals surface area contributed by atoms with Crippen molar-refractivity contribution >= 4 is 10.8 Å². The summed E-state index contributed by atoms with van der Waals surface area (Å²) >= 11 is 0. The molecule has 1 aromatic heterocycles. The number of nitrogens with one attached hydrogen (secondary N) is 1. The van der Waals surface area contributed by atoms with E-state index in [1.165, 1.54) is 6.07 Å². The van der Waals surface area contributed by atoms with E-state index in [0.29, 0.717) is 0 Å². The fourth-order valence-corrected chi connectivity index (χ4v) is 1.65. The first-order valence-electron chi connectivity index (χ1n) is 4.99. The summed E-state index contributed by atoms with van der Waals surface area (Å²) in [6, 6.07) is 6.65. The molecule has 1 N–H and O–H groups in total. The van der Waals surface area contributed by atoms with Crippen molar-refractivity contribution in [3.63, 3.8) is 0 Å². The summed E-state index contributed by atoms with van der Waals surface area (Å²) in [6.45, 7) is 0.878. The number of likely N-dealkylation sites (N-methyl/N-ethyl adjacent to an activating group) is 1. The number of halogens is 1. The van der Waals surface area contributed by atoms with Crippen LogP contribution in [0.25, 0.3) is 10.8 Å². The number of nitrogens with zero attached hydrogens (tertiary/aromatic N) is 1. The summed E-state index contributed by atoms with van der Waals surface area (Å²) in [5.74, 6) is -0.201. The smallest absolute Gasteiger partial charge is 0.123 e. The maximum absolute atomic E-state index is 13.0. The van der Waals surface area contributed by atoms with Gasteiger partial charge in [-0.05, 0) is 36.7 Å². The first-order valence-corrected chi connectivity index (χ1v) is 4.99. The quantitative estimate of drug-likeness (QED) is 0.828. The third-order valence-corrected chi connectivity index (χ3v) is 2.42. The Hall–Kier alpha value is -1.48. The van der Waals surface area contributed by atoms with Crippen molar-refractivity contribution in [3.8, 4) is 0 Å². The van der Waals surface area contributed by atoms with Crippen molar-refractivity contribution in [3.05, 3.63) is 42.0 Å². The lowest BCUT2D eigenvalue weighted by Crippen LogP contribution is -2.11. The minimum atomic E-state index is -0.201. The average molecular weight is 204 g/mol. The second-order valence-electron chi connectivity index (χ2n) is 3.48. The van der Waals surface area contributed by atoms with Gasteiger partial charge in [0.2, 0.25) is 0 Å². The standard InChI is InChI=1S/C12H13FN2/c1-14-6-5-12-11-3-2-10(13)8-9(11)4-7-15-12/h2-4,7-8,14H,5-6H2,1H3. The van der Waals surface area contributed by atoms with Gasteiger partial charge in [-0.2, -0.15) is 0 Å². The van der Waals surface area contributed by atoms with Crippen molar-refractivity contribution in [2.75, 3.05) is 13.6 Å². The van der Waals surface area contributed by atoms with Crippen molar-refractivity contribution in [1.29, 1.82) is 0 Å². The Bertz CT molecular complexity index is 468. The van der Waals surface area contributed by atoms with Crippen molar-refractivity contribution < 1.29 is 4.39 Å². The molecule has 0 aliphatic carbocycles. The van der Waals surface area contributed by atoms with E-state index in [9.17, 15) is 4.39 Å². The molecule has 0 saturated carbocycles. The van der Waals surface area contributed by atoms with Crippen LogP contribution in [0, 0.1) is 5.82 Å². The molecular weight excluding hydrogens is 191 g/mol. The molecule has 0 saturated heterocycles. The summed E-state index contributed by atoms with van der Waals surface area (Å²) in [6.07, 6.45) is 2.59. The highest BCUT2D eigenvalue weighted by atomic mass is 19.1. The Kier molecular flexibility index (Phi) is 2.92. The number of pyridine rings is 1. The van der Waals surface area contributed by atoms with Gasteiger partial charge in [0.05, 0.1) is 0 Å². The molecular formula is C12H13FN2. The molecule has 1 heterocycles. The normalized spacial score (nSPS) is 10.8. The van der Waals surface area contributed by atoms with E-state index in [4.69, 9.17) is 0 Å². The van der Waals surface area contributed by atoms with Crippen LogP contribution in [0.1, 0.15) is 5.69 Å². The van der Waals surface area contributed by atoms with E-state index in [0.717, 1.165) is 29.4 Å². The van der Waals surface area contributed by atoms with Gasteiger partial charge in [0.15, 0.2) is 0 Å². The average Bonchev–Trinajstić information content (AvgIpc) is 2.25. The van der Waals surface area contributed by atoms with Crippen LogP contribution in [-0.4, -0.2) is 18.6 Å². The molecule has 2 nitrogen and oxygen atoms in total. The highest BCUT2D eigenvalue weighted by Crippen LogP contribution is 2.18. The van der Waals surface area contributed by atoms with Crippen LogP contribution in [0.2, 0.25) is 0 Å². The van der Waals surface area contributed by atoms with E-state index >= 15 is 0 Å². The lowest BCUT2D eigenvalue weighted by atomic mass is 10.1. The fourth-order valence-electron chi connectivity index (χ4n) is 1.65. The number of benzene rings is 1. The molecule has 0 spiro atoms. The molecule has 0 fully saturated rings. The third kappa shape index (κ3) is 2.13. The first-order chi connectivity index (χ1) is 7.31. The second-order valence-corrected chi connectivity index (χ2v) is 3.48. The number of rotatable bonds is 3. The van der Waals surface area contributed by atoms with Gasteiger partial charge in [-0.25, -0.2) is 4.39 Å². The zero-order valence-corrected chi connectivity index (χ0v) is 8.63. The lowest BCUT2D eigenvalue weighted by molar-refractivity contribution is 0.629. The van der Waals surface area contributed by atoms with Crippen molar-refractivity contribution in [1.82, 2.24) is 10.3 Å². The first kappa shape index (κ1) is 10.1. The Morgan fingerprint density at radius 1 is 1.33 bits per heavy atom. The molecule has 0 aliphatic heterocycles. The van der Waals surface area contributed by atoms with Gasteiger partial charge in [0.1, 0.15) is 5.82 Å². The predicted molar refractivity (Wildman–Crippen MR) is 59.3 cm³/mol. The van der Waals surface area contributed by atoms with Crippen LogP contribution in [0.5, 0.6) is 0 Å². The highest BCUT2D eigenvalue weighted by molar-refractivity contribution is 5.84. The second kappa shape index (κ2) is 4.36. The minimum Gasteiger partial charge on any atom is -0.319 e. The SMILES string of the molecule is CNCCc1nccc2cc(F)ccc12. The topological polar surface area (TPSA) is 24.9 Å². The molecule has 0 aliphatic rings. The van der Waals surface area contributed by atoms with Gasteiger partial charge in [-0.1, -0.05) is 0 Å². The Morgan fingerprint density at radius 2 is 2.20 bits per heavy atom. The Morgan fingerprint density at radius 3 is 3.00 bits per heavy atom. The predicted octanol–water partition coefficient (Wildman–Crippen LogP) is 2.14. The van der Waals surface area contributed by atoms with E-state index in [2.05, 4.69) is 10.3 Å². The lowest BCUT2D eigenvalue weighted by Gasteiger charge is -2.04. The van der Waals surface area contributed by atoms with Gasteiger partial charge in [0.25, 0.3) is 0 Å². The van der Waals surface area contributed by atoms with E-state index in [1.54, 1.807) is 18.3 Å². The van der Waals surface area contributed by atoms with Gasteiger partial charge in [-0.3, -0.25) is 4.98 Å². The summed E-state index contributed by atoms with van der Waals surface area (Å²) in [5, 5.41) is 5.03. The van der Waals surface area contributed by atoms with E-state index in [-0.39, 0.29) is 5.82 Å². The van der Waals surface area contributed by atoms with Crippen LogP contribution >= 0.6 is 0 Å². The summed E-state index contributed by atoms with van der Waals surface area (Å²) in [5.41, 5.74) is 1.02. The highest BCUT2D eigenvalue weighted by Gasteiger charge is 2.02. The number of aromatic nitrogens is 1.